The highest BCUT2D eigenvalue weighted by Gasteiger charge is 2.73. The van der Waals surface area contributed by atoms with Crippen molar-refractivity contribution in [2.24, 2.45) is 62.1 Å². The van der Waals surface area contributed by atoms with Crippen LogP contribution in [0, 0.1) is 68.5 Å². The Kier molecular flexibility index (Phi) is 7.54. The van der Waals surface area contributed by atoms with Crippen molar-refractivity contribution >= 4 is 5.91 Å². The molecule has 0 aromatic heterocycles. The zero-order chi connectivity index (χ0) is 30.5. The first-order valence-electron chi connectivity index (χ1n) is 18.6. The molecule has 7 rings (SSSR count). The molecule has 0 bridgehead atoms. The van der Waals surface area contributed by atoms with Gasteiger partial charge in [-0.2, -0.15) is 0 Å². The summed E-state index contributed by atoms with van der Waals surface area (Å²) in [6.45, 7) is 19.0. The zero-order valence-electron chi connectivity index (χ0n) is 28.9. The molecule has 1 aliphatic heterocycles. The van der Waals surface area contributed by atoms with E-state index in [9.17, 15) is 4.79 Å². The van der Waals surface area contributed by atoms with Crippen molar-refractivity contribution in [1.29, 1.82) is 0 Å². The van der Waals surface area contributed by atoms with Crippen molar-refractivity contribution in [3.8, 4) is 0 Å². The Balaban J connectivity index is 1.18. The number of hydrogen-bond acceptors (Lipinski definition) is 3. The van der Waals surface area contributed by atoms with Gasteiger partial charge in [-0.15, -0.1) is 0 Å². The minimum Gasteiger partial charge on any atom is -0.382 e. The summed E-state index contributed by atoms with van der Waals surface area (Å²) < 4.78 is 11.3. The number of piperidine rings is 1. The second-order valence-corrected chi connectivity index (χ2v) is 18.6. The highest BCUT2D eigenvalue weighted by molar-refractivity contribution is 5.84. The molecule has 1 heterocycles. The Bertz CT molecular complexity index is 1070. The fourth-order valence-corrected chi connectivity index (χ4v) is 14.0. The topological polar surface area (TPSA) is 38.8 Å². The third-order valence-electron chi connectivity index (χ3n) is 16.7. The van der Waals surface area contributed by atoms with Gasteiger partial charge in [-0.05, 0) is 153 Å². The molecule has 6 aliphatic carbocycles. The molecule has 4 nitrogen and oxygen atoms in total. The summed E-state index contributed by atoms with van der Waals surface area (Å²) in [5.41, 5.74) is 1.92. The third kappa shape index (κ3) is 4.43. The van der Waals surface area contributed by atoms with Crippen LogP contribution < -0.4 is 0 Å². The monoisotopic (exact) mass is 594 g/mol. The minimum atomic E-state index is -0.115. The summed E-state index contributed by atoms with van der Waals surface area (Å²) in [4.78, 5) is 17.2. The van der Waals surface area contributed by atoms with Crippen molar-refractivity contribution in [1.82, 2.24) is 4.90 Å². The van der Waals surface area contributed by atoms with Crippen LogP contribution in [0.3, 0.4) is 0 Å². The molecule has 1 saturated heterocycles. The molecular weight excluding hydrogens is 530 g/mol. The quantitative estimate of drug-likeness (QED) is 0.289. The molecule has 43 heavy (non-hydrogen) atoms. The van der Waals surface area contributed by atoms with E-state index in [-0.39, 0.29) is 11.5 Å². The summed E-state index contributed by atoms with van der Waals surface area (Å²) in [7, 11) is 1.74. The van der Waals surface area contributed by atoms with Crippen LogP contribution in [0.5, 0.6) is 0 Å². The molecule has 0 aromatic rings. The molecular formula is C39H64NO3. The van der Waals surface area contributed by atoms with Gasteiger partial charge in [0.2, 0.25) is 5.91 Å². The number of fused-ring (bicyclic) bond motifs is 7. The van der Waals surface area contributed by atoms with Gasteiger partial charge < -0.3 is 14.4 Å². The summed E-state index contributed by atoms with van der Waals surface area (Å²) in [6.07, 6.45) is 20.8. The number of ether oxygens (including phenoxy) is 2. The van der Waals surface area contributed by atoms with E-state index in [0.29, 0.717) is 58.0 Å². The average molecular weight is 595 g/mol. The van der Waals surface area contributed by atoms with Gasteiger partial charge in [0.25, 0.3) is 0 Å². The van der Waals surface area contributed by atoms with Crippen LogP contribution in [0.1, 0.15) is 131 Å². The lowest BCUT2D eigenvalue weighted by atomic mass is 9.32. The maximum atomic E-state index is 14.9. The van der Waals surface area contributed by atoms with Crippen LogP contribution in [0.15, 0.2) is 0 Å². The fourth-order valence-electron chi connectivity index (χ4n) is 14.0. The third-order valence-corrected chi connectivity index (χ3v) is 16.7. The lowest BCUT2D eigenvalue weighted by molar-refractivity contribution is -0.235. The van der Waals surface area contributed by atoms with E-state index in [0.717, 1.165) is 56.5 Å². The highest BCUT2D eigenvalue weighted by atomic mass is 16.5. The Morgan fingerprint density at radius 1 is 0.744 bits per heavy atom. The van der Waals surface area contributed by atoms with E-state index >= 15 is 0 Å². The summed E-state index contributed by atoms with van der Waals surface area (Å²) in [6, 6.07) is 0. The average Bonchev–Trinajstić information content (AvgIpc) is 3.58. The molecule has 0 spiro atoms. The van der Waals surface area contributed by atoms with Gasteiger partial charge in [0.05, 0.1) is 24.7 Å². The van der Waals surface area contributed by atoms with E-state index in [4.69, 9.17) is 9.47 Å². The number of amides is 1. The van der Waals surface area contributed by atoms with E-state index in [2.05, 4.69) is 52.9 Å². The van der Waals surface area contributed by atoms with Crippen LogP contribution in [0.4, 0.5) is 0 Å². The number of methoxy groups -OCH3 is 1. The van der Waals surface area contributed by atoms with Crippen LogP contribution in [0.2, 0.25) is 0 Å². The number of rotatable bonds is 6. The Morgan fingerprint density at radius 2 is 1.49 bits per heavy atom. The predicted octanol–water partition coefficient (Wildman–Crippen LogP) is 8.73. The van der Waals surface area contributed by atoms with Gasteiger partial charge in [-0.3, -0.25) is 4.79 Å². The van der Waals surface area contributed by atoms with E-state index < -0.39 is 0 Å². The van der Waals surface area contributed by atoms with Gasteiger partial charge in [0.15, 0.2) is 0 Å². The van der Waals surface area contributed by atoms with Crippen molar-refractivity contribution in [3.05, 3.63) is 6.42 Å². The lowest BCUT2D eigenvalue weighted by Crippen LogP contribution is -2.67. The number of hydrogen-bond donors (Lipinski definition) is 0. The van der Waals surface area contributed by atoms with E-state index in [1.54, 1.807) is 7.11 Å². The molecule has 0 N–H and O–H groups in total. The molecule has 0 aromatic carbocycles. The zero-order valence-corrected chi connectivity index (χ0v) is 28.9. The van der Waals surface area contributed by atoms with Crippen LogP contribution in [0.25, 0.3) is 0 Å². The van der Waals surface area contributed by atoms with E-state index in [1.165, 1.54) is 64.2 Å². The molecule has 7 fully saturated rings. The van der Waals surface area contributed by atoms with Gasteiger partial charge in [-0.25, -0.2) is 0 Å². The summed E-state index contributed by atoms with van der Waals surface area (Å²) in [5, 5.41) is 0. The standard InChI is InChI=1S/C39H64NO3/c1-34(2)15-8-16-36(4)30(34)12-17-38(6)31(36)10-9-29-32-28(35(3)19-20-35)11-18-39(32,22-21-37(29,38)5)33(41)40-23-13-27(14-24-40)43-26-25-42-7/h15,27-32H,8-14,16-26H2,1-7H3/t28-,29-,30-,31-,32-,36-,37-,38-,39+/m1/s1. The number of likely N-dealkylation sites (tertiary alicyclic amines) is 1. The van der Waals surface area contributed by atoms with Crippen molar-refractivity contribution < 1.29 is 14.3 Å². The number of carbonyl (C=O) groups excluding carboxylic acids is 1. The molecule has 6 saturated carbocycles. The van der Waals surface area contributed by atoms with E-state index in [1.807, 2.05) is 0 Å². The molecule has 9 atom stereocenters. The lowest BCUT2D eigenvalue weighted by Gasteiger charge is -2.72. The van der Waals surface area contributed by atoms with Crippen molar-refractivity contribution in [3.63, 3.8) is 0 Å². The van der Waals surface area contributed by atoms with Crippen LogP contribution >= 0.6 is 0 Å². The molecule has 243 valence electrons. The van der Waals surface area contributed by atoms with Crippen LogP contribution in [-0.4, -0.2) is 50.3 Å². The van der Waals surface area contributed by atoms with Gasteiger partial charge in [0, 0.05) is 20.2 Å². The first-order chi connectivity index (χ1) is 20.3. The molecule has 0 unspecified atom stereocenters. The second kappa shape index (κ2) is 10.4. The second-order valence-electron chi connectivity index (χ2n) is 18.6. The van der Waals surface area contributed by atoms with Crippen molar-refractivity contribution in [2.75, 3.05) is 33.4 Å². The summed E-state index contributed by atoms with van der Waals surface area (Å²) >= 11 is 0. The summed E-state index contributed by atoms with van der Waals surface area (Å²) in [5.74, 6) is 4.23. The molecule has 7 aliphatic rings. The Labute approximate surface area is 264 Å². The number of nitrogens with zero attached hydrogens (tertiary/aromatic N) is 1. The first kappa shape index (κ1) is 31.0. The van der Waals surface area contributed by atoms with Crippen LogP contribution in [-0.2, 0) is 14.3 Å². The first-order valence-corrected chi connectivity index (χ1v) is 18.6. The largest absolute Gasteiger partial charge is 0.382 e. The van der Waals surface area contributed by atoms with Crippen molar-refractivity contribution in [2.45, 2.75) is 138 Å². The molecule has 1 radical (unpaired) electrons. The smallest absolute Gasteiger partial charge is 0.229 e. The minimum absolute atomic E-state index is 0.115. The molecule has 1 amide bonds. The van der Waals surface area contributed by atoms with Gasteiger partial charge >= 0.3 is 0 Å². The predicted molar refractivity (Wildman–Crippen MR) is 173 cm³/mol. The van der Waals surface area contributed by atoms with Gasteiger partial charge in [0.1, 0.15) is 0 Å². The normalized spacial score (nSPS) is 48.5. The number of carbonyl (C=O) groups is 1. The SMILES string of the molecule is COCCOC1CCN(C(=O)[C@]23CC[C@@H](C4(C)CC4)[C@@H]2[C@H]2CC[C@@H]4[C@]5(C)CC[CH]C(C)(C)[C@H]5CC[C@@]4(C)[C@]2(C)CC3)CC1. The maximum Gasteiger partial charge on any atom is 0.229 e. The Hall–Kier alpha value is -0.610. The highest BCUT2D eigenvalue weighted by Crippen LogP contribution is 2.79. The maximum absolute atomic E-state index is 14.9. The Morgan fingerprint density at radius 3 is 2.19 bits per heavy atom. The van der Waals surface area contributed by atoms with Gasteiger partial charge in [-0.1, -0.05) is 41.5 Å². The fraction of sp³-hybridized carbons (Fsp3) is 0.949. The molecule has 4 heteroatoms.